The highest BCUT2D eigenvalue weighted by atomic mass is 16.1. The van der Waals surface area contributed by atoms with Crippen LogP contribution in [-0.2, 0) is 0 Å². The molecule has 0 aliphatic carbocycles. The van der Waals surface area contributed by atoms with Crippen LogP contribution in [0.4, 0.5) is 0 Å². The molecule has 0 unspecified atom stereocenters. The average molecular weight is 438 g/mol. The maximum atomic E-state index is 12.6. The molecule has 2 N–H and O–H groups in total. The van der Waals surface area contributed by atoms with Gasteiger partial charge in [0.25, 0.3) is 5.91 Å². The number of H-pyrrole nitrogens is 1. The molecule has 4 aromatic rings. The first-order valence-electron chi connectivity index (χ1n) is 11.6. The number of hydrogen-bond donors (Lipinski definition) is 2. The Morgan fingerprint density at radius 3 is 2.85 bits per heavy atom. The predicted octanol–water partition coefficient (Wildman–Crippen LogP) is 4.59. The lowest BCUT2D eigenvalue weighted by Crippen LogP contribution is -2.35. The van der Waals surface area contributed by atoms with Crippen molar-refractivity contribution >= 4 is 27.6 Å². The number of nitriles is 1. The van der Waals surface area contributed by atoms with Gasteiger partial charge in [0.2, 0.25) is 0 Å². The lowest BCUT2D eigenvalue weighted by molar-refractivity contribution is 0.0948. The second-order valence-electron chi connectivity index (χ2n) is 8.72. The van der Waals surface area contributed by atoms with Crippen molar-refractivity contribution in [3.63, 3.8) is 0 Å². The normalized spacial score (nSPS) is 15.0. The van der Waals surface area contributed by atoms with Crippen molar-refractivity contribution in [2.75, 3.05) is 26.2 Å². The zero-order valence-corrected chi connectivity index (χ0v) is 18.6. The standard InChI is InChI=1S/C27H27N5O/c28-17-19-6-7-23-24(18-31-25(23)16-19)21-9-14-32(15-10-21)13-3-11-30-27(33)26-22-5-2-1-4-20(22)8-12-29-26/h1-2,4-8,12,16,18,21,31H,3,9-11,13-15H2,(H,30,33). The smallest absolute Gasteiger partial charge is 0.270 e. The van der Waals surface area contributed by atoms with E-state index >= 15 is 0 Å². The average Bonchev–Trinajstić information content (AvgIpc) is 3.29. The molecule has 166 valence electrons. The fourth-order valence-electron chi connectivity index (χ4n) is 4.91. The van der Waals surface area contributed by atoms with Gasteiger partial charge in [0.15, 0.2) is 0 Å². The van der Waals surface area contributed by atoms with Gasteiger partial charge in [-0.05, 0) is 74.0 Å². The summed E-state index contributed by atoms with van der Waals surface area (Å²) >= 11 is 0. The Bertz CT molecular complexity index is 1320. The summed E-state index contributed by atoms with van der Waals surface area (Å²) in [4.78, 5) is 22.7. The first-order valence-corrected chi connectivity index (χ1v) is 11.6. The van der Waals surface area contributed by atoms with Crippen molar-refractivity contribution in [3.05, 3.63) is 77.7 Å². The number of fused-ring (bicyclic) bond motifs is 2. The zero-order chi connectivity index (χ0) is 22.6. The van der Waals surface area contributed by atoms with Crippen LogP contribution in [0.25, 0.3) is 21.7 Å². The van der Waals surface area contributed by atoms with Gasteiger partial charge in [-0.25, -0.2) is 0 Å². The van der Waals surface area contributed by atoms with Crippen molar-refractivity contribution in [2.45, 2.75) is 25.2 Å². The van der Waals surface area contributed by atoms with E-state index < -0.39 is 0 Å². The molecule has 1 fully saturated rings. The molecular formula is C27H27N5O. The van der Waals surface area contributed by atoms with Gasteiger partial charge in [-0.15, -0.1) is 0 Å². The van der Waals surface area contributed by atoms with Gasteiger partial charge in [0.1, 0.15) is 5.69 Å². The molecule has 0 atom stereocenters. The Balaban J connectivity index is 1.10. The fraction of sp³-hybridized carbons (Fsp3) is 0.296. The molecule has 0 bridgehead atoms. The minimum atomic E-state index is -0.107. The maximum absolute atomic E-state index is 12.6. The number of piperidine rings is 1. The summed E-state index contributed by atoms with van der Waals surface area (Å²) in [6.45, 7) is 3.75. The quantitative estimate of drug-likeness (QED) is 0.432. The van der Waals surface area contributed by atoms with E-state index in [2.05, 4.69) is 38.5 Å². The number of carbonyl (C=O) groups excluding carboxylic acids is 1. The fourth-order valence-corrected chi connectivity index (χ4v) is 4.91. The van der Waals surface area contributed by atoms with E-state index in [1.54, 1.807) is 6.20 Å². The third-order valence-corrected chi connectivity index (χ3v) is 6.70. The number of hydrogen-bond acceptors (Lipinski definition) is 4. The Morgan fingerprint density at radius 1 is 1.15 bits per heavy atom. The zero-order valence-electron chi connectivity index (χ0n) is 18.6. The van der Waals surface area contributed by atoms with Gasteiger partial charge in [-0.3, -0.25) is 9.78 Å². The molecule has 1 amide bonds. The van der Waals surface area contributed by atoms with Gasteiger partial charge >= 0.3 is 0 Å². The lowest BCUT2D eigenvalue weighted by Gasteiger charge is -2.32. The molecule has 5 rings (SSSR count). The Labute approximate surface area is 193 Å². The number of aromatic amines is 1. The largest absolute Gasteiger partial charge is 0.361 e. The summed E-state index contributed by atoms with van der Waals surface area (Å²) < 4.78 is 0. The number of nitrogens with one attached hydrogen (secondary N) is 2. The molecule has 2 aromatic heterocycles. The van der Waals surface area contributed by atoms with E-state index in [-0.39, 0.29) is 5.91 Å². The summed E-state index contributed by atoms with van der Waals surface area (Å²) in [5.41, 5.74) is 3.59. The molecule has 6 nitrogen and oxygen atoms in total. The van der Waals surface area contributed by atoms with E-state index in [1.165, 1.54) is 10.9 Å². The maximum Gasteiger partial charge on any atom is 0.270 e. The number of benzene rings is 2. The van der Waals surface area contributed by atoms with E-state index in [4.69, 9.17) is 5.26 Å². The van der Waals surface area contributed by atoms with E-state index in [0.29, 0.717) is 23.7 Å². The highest BCUT2D eigenvalue weighted by Gasteiger charge is 2.22. The van der Waals surface area contributed by atoms with Gasteiger partial charge in [0.05, 0.1) is 11.6 Å². The summed E-state index contributed by atoms with van der Waals surface area (Å²) in [6.07, 6.45) is 6.98. The van der Waals surface area contributed by atoms with Crippen LogP contribution in [0.1, 0.15) is 46.8 Å². The van der Waals surface area contributed by atoms with E-state index in [9.17, 15) is 4.79 Å². The van der Waals surface area contributed by atoms with Crippen LogP contribution in [0.2, 0.25) is 0 Å². The first-order chi connectivity index (χ1) is 16.2. The predicted molar refractivity (Wildman–Crippen MR) is 130 cm³/mol. The molecule has 1 aliphatic rings. The third kappa shape index (κ3) is 4.46. The van der Waals surface area contributed by atoms with Crippen LogP contribution in [0.15, 0.2) is 60.9 Å². The molecule has 3 heterocycles. The van der Waals surface area contributed by atoms with Crippen LogP contribution in [0.5, 0.6) is 0 Å². The number of pyridine rings is 1. The van der Waals surface area contributed by atoms with Gasteiger partial charge in [-0.2, -0.15) is 5.26 Å². The number of aromatic nitrogens is 2. The monoisotopic (exact) mass is 437 g/mol. The highest BCUT2D eigenvalue weighted by Crippen LogP contribution is 2.33. The highest BCUT2D eigenvalue weighted by molar-refractivity contribution is 6.05. The van der Waals surface area contributed by atoms with Gasteiger partial charge in [-0.1, -0.05) is 30.3 Å². The number of amides is 1. The molecular weight excluding hydrogens is 410 g/mol. The van der Waals surface area contributed by atoms with Crippen molar-refractivity contribution < 1.29 is 4.79 Å². The molecule has 6 heteroatoms. The second kappa shape index (κ2) is 9.43. The second-order valence-corrected chi connectivity index (χ2v) is 8.72. The summed E-state index contributed by atoms with van der Waals surface area (Å²) in [6, 6.07) is 17.9. The van der Waals surface area contributed by atoms with Gasteiger partial charge in [0, 0.05) is 35.2 Å². The minimum absolute atomic E-state index is 0.107. The lowest BCUT2D eigenvalue weighted by atomic mass is 9.89. The Kier molecular flexibility index (Phi) is 6.05. The van der Waals surface area contributed by atoms with Gasteiger partial charge < -0.3 is 15.2 Å². The molecule has 0 radical (unpaired) electrons. The number of likely N-dealkylation sites (tertiary alicyclic amines) is 1. The van der Waals surface area contributed by atoms with Crippen molar-refractivity contribution in [1.82, 2.24) is 20.2 Å². The number of rotatable bonds is 6. The van der Waals surface area contributed by atoms with Crippen LogP contribution >= 0.6 is 0 Å². The molecule has 33 heavy (non-hydrogen) atoms. The van der Waals surface area contributed by atoms with E-state index in [0.717, 1.165) is 55.2 Å². The molecule has 0 saturated carbocycles. The molecule has 2 aromatic carbocycles. The SMILES string of the molecule is N#Cc1ccc2c(C3CCN(CCCNC(=O)c4nccc5ccccc45)CC3)c[nH]c2c1. The Morgan fingerprint density at radius 2 is 2.00 bits per heavy atom. The van der Waals surface area contributed by atoms with Crippen LogP contribution in [0.3, 0.4) is 0 Å². The van der Waals surface area contributed by atoms with Crippen LogP contribution in [-0.4, -0.2) is 47.0 Å². The van der Waals surface area contributed by atoms with Crippen molar-refractivity contribution in [3.8, 4) is 6.07 Å². The minimum Gasteiger partial charge on any atom is -0.361 e. The summed E-state index contributed by atoms with van der Waals surface area (Å²) in [5.74, 6) is 0.435. The van der Waals surface area contributed by atoms with Crippen LogP contribution in [0, 0.1) is 11.3 Å². The first kappa shape index (κ1) is 21.2. The topological polar surface area (TPSA) is 84.8 Å². The Hall–Kier alpha value is -3.69. The molecule has 1 aliphatic heterocycles. The number of nitrogens with zero attached hydrogens (tertiary/aromatic N) is 3. The third-order valence-electron chi connectivity index (χ3n) is 6.70. The van der Waals surface area contributed by atoms with E-state index in [1.807, 2.05) is 42.5 Å². The summed E-state index contributed by atoms with van der Waals surface area (Å²) in [5, 5.41) is 15.3. The number of carbonyl (C=O) groups is 1. The van der Waals surface area contributed by atoms with Crippen molar-refractivity contribution in [1.29, 1.82) is 5.26 Å². The van der Waals surface area contributed by atoms with Crippen molar-refractivity contribution in [2.24, 2.45) is 0 Å². The van der Waals surface area contributed by atoms with Crippen LogP contribution < -0.4 is 5.32 Å². The summed E-state index contributed by atoms with van der Waals surface area (Å²) in [7, 11) is 0. The molecule has 1 saturated heterocycles. The molecule has 0 spiro atoms.